The second kappa shape index (κ2) is 7.67. The van der Waals surface area contributed by atoms with Crippen molar-refractivity contribution in [2.24, 2.45) is 5.92 Å². The minimum Gasteiger partial charge on any atom is -0.493 e. The molecule has 0 aromatic heterocycles. The Morgan fingerprint density at radius 1 is 1.38 bits per heavy atom. The van der Waals surface area contributed by atoms with Gasteiger partial charge in [-0.3, -0.25) is 9.59 Å². The van der Waals surface area contributed by atoms with Crippen molar-refractivity contribution >= 4 is 12.2 Å². The first-order valence-corrected chi connectivity index (χ1v) is 7.34. The largest absolute Gasteiger partial charge is 0.493 e. The molecule has 0 bridgehead atoms. The van der Waals surface area contributed by atoms with Gasteiger partial charge in [0.15, 0.2) is 12.9 Å². The molecule has 1 aliphatic rings. The molecule has 0 atom stereocenters. The van der Waals surface area contributed by atoms with Gasteiger partial charge in [0.1, 0.15) is 11.5 Å². The van der Waals surface area contributed by atoms with Gasteiger partial charge >= 0.3 is 0 Å². The molecular weight excluding hydrogens is 270 g/mol. The van der Waals surface area contributed by atoms with E-state index in [0.717, 1.165) is 6.42 Å². The highest BCUT2D eigenvalue weighted by Gasteiger charge is 2.21. The SMILES string of the molecule is CCCOc1ccc(C=O)c(OCC(=O)NCC2CC2)c1. The Bertz CT molecular complexity index is 497. The van der Waals surface area contributed by atoms with Crippen molar-refractivity contribution in [3.8, 4) is 11.5 Å². The van der Waals surface area contributed by atoms with Crippen molar-refractivity contribution in [1.82, 2.24) is 5.32 Å². The molecule has 0 unspecified atom stereocenters. The maximum absolute atomic E-state index is 11.6. The summed E-state index contributed by atoms with van der Waals surface area (Å²) in [5, 5.41) is 2.82. The third-order valence-corrected chi connectivity index (χ3v) is 3.23. The van der Waals surface area contributed by atoms with Crippen molar-refractivity contribution in [2.45, 2.75) is 26.2 Å². The third kappa shape index (κ3) is 5.10. The van der Waals surface area contributed by atoms with Crippen molar-refractivity contribution in [2.75, 3.05) is 19.8 Å². The van der Waals surface area contributed by atoms with Gasteiger partial charge in [-0.15, -0.1) is 0 Å². The fourth-order valence-corrected chi connectivity index (χ4v) is 1.82. The summed E-state index contributed by atoms with van der Waals surface area (Å²) in [5.74, 6) is 1.47. The molecule has 0 aliphatic heterocycles. The van der Waals surface area contributed by atoms with E-state index in [9.17, 15) is 9.59 Å². The maximum atomic E-state index is 11.6. The van der Waals surface area contributed by atoms with E-state index in [4.69, 9.17) is 9.47 Å². The molecule has 1 saturated carbocycles. The second-order valence-electron chi connectivity index (χ2n) is 5.20. The van der Waals surface area contributed by atoms with Gasteiger partial charge in [0.25, 0.3) is 5.91 Å². The van der Waals surface area contributed by atoms with E-state index < -0.39 is 0 Å². The number of aldehydes is 1. The molecule has 1 amide bonds. The van der Waals surface area contributed by atoms with Crippen molar-refractivity contribution in [3.05, 3.63) is 23.8 Å². The lowest BCUT2D eigenvalue weighted by molar-refractivity contribution is -0.123. The molecule has 5 nitrogen and oxygen atoms in total. The van der Waals surface area contributed by atoms with Crippen LogP contribution in [0.15, 0.2) is 18.2 Å². The van der Waals surface area contributed by atoms with Gasteiger partial charge in [-0.25, -0.2) is 0 Å². The van der Waals surface area contributed by atoms with Crippen LogP contribution in [0.1, 0.15) is 36.5 Å². The number of hydrogen-bond acceptors (Lipinski definition) is 4. The van der Waals surface area contributed by atoms with E-state index in [1.165, 1.54) is 12.8 Å². The zero-order valence-corrected chi connectivity index (χ0v) is 12.3. The predicted octanol–water partition coefficient (Wildman–Crippen LogP) is 2.19. The summed E-state index contributed by atoms with van der Waals surface area (Å²) >= 11 is 0. The predicted molar refractivity (Wildman–Crippen MR) is 78.8 cm³/mol. The topological polar surface area (TPSA) is 64.6 Å². The first-order valence-electron chi connectivity index (χ1n) is 7.34. The van der Waals surface area contributed by atoms with Gasteiger partial charge in [0.05, 0.1) is 12.2 Å². The van der Waals surface area contributed by atoms with Crippen LogP contribution in [0.5, 0.6) is 11.5 Å². The van der Waals surface area contributed by atoms with E-state index in [0.29, 0.717) is 42.4 Å². The molecular formula is C16H21NO4. The molecule has 1 aromatic rings. The van der Waals surface area contributed by atoms with Gasteiger partial charge in [0, 0.05) is 12.6 Å². The average molecular weight is 291 g/mol. The van der Waals surface area contributed by atoms with E-state index in [-0.39, 0.29) is 12.5 Å². The van der Waals surface area contributed by atoms with Crippen LogP contribution in [-0.4, -0.2) is 32.0 Å². The highest BCUT2D eigenvalue weighted by Crippen LogP contribution is 2.27. The summed E-state index contributed by atoms with van der Waals surface area (Å²) in [6, 6.07) is 5.00. The molecule has 5 heteroatoms. The van der Waals surface area contributed by atoms with Gasteiger partial charge in [0.2, 0.25) is 0 Å². The second-order valence-corrected chi connectivity index (χ2v) is 5.20. The lowest BCUT2D eigenvalue weighted by Crippen LogP contribution is -2.30. The number of benzene rings is 1. The number of amides is 1. The van der Waals surface area contributed by atoms with Crippen LogP contribution in [0.25, 0.3) is 0 Å². The molecule has 114 valence electrons. The molecule has 0 spiro atoms. The quantitative estimate of drug-likeness (QED) is 0.708. The zero-order valence-electron chi connectivity index (χ0n) is 12.3. The number of nitrogens with one attached hydrogen (secondary N) is 1. The van der Waals surface area contributed by atoms with Crippen LogP contribution in [0.3, 0.4) is 0 Å². The number of carbonyl (C=O) groups excluding carboxylic acids is 2. The molecule has 0 radical (unpaired) electrons. The summed E-state index contributed by atoms with van der Waals surface area (Å²) in [5.41, 5.74) is 0.411. The minimum atomic E-state index is -0.168. The van der Waals surface area contributed by atoms with E-state index in [1.807, 2.05) is 6.92 Å². The van der Waals surface area contributed by atoms with Crippen molar-refractivity contribution in [1.29, 1.82) is 0 Å². The van der Waals surface area contributed by atoms with Crippen molar-refractivity contribution in [3.63, 3.8) is 0 Å². The fraction of sp³-hybridized carbons (Fsp3) is 0.500. The van der Waals surface area contributed by atoms with Gasteiger partial charge in [-0.1, -0.05) is 6.92 Å². The molecule has 0 heterocycles. The summed E-state index contributed by atoms with van der Waals surface area (Å²) < 4.78 is 10.9. The number of carbonyl (C=O) groups is 2. The number of rotatable bonds is 9. The summed E-state index contributed by atoms with van der Waals surface area (Å²) in [4.78, 5) is 22.6. The fourth-order valence-electron chi connectivity index (χ4n) is 1.82. The summed E-state index contributed by atoms with van der Waals surface area (Å²) in [7, 11) is 0. The molecule has 1 fully saturated rings. The lowest BCUT2D eigenvalue weighted by Gasteiger charge is -2.11. The first kappa shape index (κ1) is 15.4. The van der Waals surface area contributed by atoms with Crippen LogP contribution >= 0.6 is 0 Å². The Balaban J connectivity index is 1.89. The van der Waals surface area contributed by atoms with Crippen LogP contribution in [0, 0.1) is 5.92 Å². The van der Waals surface area contributed by atoms with Crippen LogP contribution in [-0.2, 0) is 4.79 Å². The van der Waals surface area contributed by atoms with Crippen molar-refractivity contribution < 1.29 is 19.1 Å². The minimum absolute atomic E-state index is 0.0925. The average Bonchev–Trinajstić information content (AvgIpc) is 3.33. The highest BCUT2D eigenvalue weighted by molar-refractivity contribution is 5.81. The van der Waals surface area contributed by atoms with E-state index in [2.05, 4.69) is 5.32 Å². The monoisotopic (exact) mass is 291 g/mol. The highest BCUT2D eigenvalue weighted by atomic mass is 16.5. The maximum Gasteiger partial charge on any atom is 0.257 e. The van der Waals surface area contributed by atoms with E-state index in [1.54, 1.807) is 18.2 Å². The molecule has 2 rings (SSSR count). The normalized spacial score (nSPS) is 13.6. The smallest absolute Gasteiger partial charge is 0.257 e. The Labute approximate surface area is 124 Å². The third-order valence-electron chi connectivity index (χ3n) is 3.23. The number of ether oxygens (including phenoxy) is 2. The molecule has 0 saturated heterocycles. The Hall–Kier alpha value is -2.04. The Morgan fingerprint density at radius 2 is 2.19 bits per heavy atom. The van der Waals surface area contributed by atoms with Crippen LogP contribution < -0.4 is 14.8 Å². The zero-order chi connectivity index (χ0) is 15.1. The summed E-state index contributed by atoms with van der Waals surface area (Å²) in [6.45, 7) is 3.23. The molecule has 1 N–H and O–H groups in total. The first-order chi connectivity index (χ1) is 10.2. The number of hydrogen-bond donors (Lipinski definition) is 1. The molecule has 21 heavy (non-hydrogen) atoms. The van der Waals surface area contributed by atoms with Gasteiger partial charge in [-0.05, 0) is 37.3 Å². The summed E-state index contributed by atoms with van der Waals surface area (Å²) in [6.07, 6.45) is 3.98. The van der Waals surface area contributed by atoms with Crippen LogP contribution in [0.4, 0.5) is 0 Å². The van der Waals surface area contributed by atoms with Gasteiger partial charge in [-0.2, -0.15) is 0 Å². The van der Waals surface area contributed by atoms with Crippen LogP contribution in [0.2, 0.25) is 0 Å². The molecule has 1 aromatic carbocycles. The Kier molecular flexibility index (Phi) is 5.60. The molecule has 1 aliphatic carbocycles. The lowest BCUT2D eigenvalue weighted by atomic mass is 10.2. The van der Waals surface area contributed by atoms with Gasteiger partial charge < -0.3 is 14.8 Å². The standard InChI is InChI=1S/C16H21NO4/c1-2-7-20-14-6-5-13(10-18)15(8-14)21-11-16(19)17-9-12-3-4-12/h5-6,8,10,12H,2-4,7,9,11H2,1H3,(H,17,19). The van der Waals surface area contributed by atoms with E-state index >= 15 is 0 Å². The Morgan fingerprint density at radius 3 is 2.86 bits per heavy atom.